The number of amides is 1. The average molecular weight is 330 g/mol. The second-order valence-electron chi connectivity index (χ2n) is 4.55. The smallest absolute Gasteiger partial charge is 0.264 e. The number of carbonyl (C=O) groups is 1. The fourth-order valence-corrected chi connectivity index (χ4v) is 1.93. The Balaban J connectivity index is 1.56. The highest BCUT2D eigenvalue weighted by Gasteiger charge is 2.09. The third-order valence-electron chi connectivity index (χ3n) is 2.88. The maximum absolute atomic E-state index is 11.8. The third kappa shape index (κ3) is 4.04. The van der Waals surface area contributed by atoms with Crippen LogP contribution in [-0.2, 0) is 4.79 Å². The quantitative estimate of drug-likeness (QED) is 0.750. The van der Waals surface area contributed by atoms with Crippen molar-refractivity contribution in [3.8, 4) is 17.1 Å². The van der Waals surface area contributed by atoms with Crippen LogP contribution in [0.25, 0.3) is 11.4 Å². The molecule has 0 unspecified atom stereocenters. The number of nitrogens with zero attached hydrogens (tertiary/aromatic N) is 3. The zero-order valence-corrected chi connectivity index (χ0v) is 12.6. The summed E-state index contributed by atoms with van der Waals surface area (Å²) in [6, 6.07) is 10.3. The van der Waals surface area contributed by atoms with Crippen molar-refractivity contribution >= 4 is 23.5 Å². The summed E-state index contributed by atoms with van der Waals surface area (Å²) in [4.78, 5) is 18.7. The van der Waals surface area contributed by atoms with Crippen LogP contribution in [0.2, 0.25) is 5.02 Å². The lowest BCUT2D eigenvalue weighted by molar-refractivity contribution is -0.118. The first kappa shape index (κ1) is 15.0. The van der Waals surface area contributed by atoms with E-state index in [-0.39, 0.29) is 18.5 Å². The Kier molecular flexibility index (Phi) is 4.49. The topological polar surface area (TPSA) is 92.8 Å². The number of benzene rings is 1. The molecule has 0 radical (unpaired) electrons. The molecule has 1 aromatic carbocycles. The lowest BCUT2D eigenvalue weighted by Gasteiger charge is -2.05. The molecule has 2 aromatic heterocycles. The van der Waals surface area contributed by atoms with Crippen LogP contribution in [0.1, 0.15) is 0 Å². The van der Waals surface area contributed by atoms with E-state index in [1.165, 1.54) is 0 Å². The van der Waals surface area contributed by atoms with Gasteiger partial charge in [0.15, 0.2) is 12.4 Å². The normalized spacial score (nSPS) is 10.3. The van der Waals surface area contributed by atoms with Crippen LogP contribution in [0.15, 0.2) is 48.8 Å². The molecule has 0 saturated carbocycles. The summed E-state index contributed by atoms with van der Waals surface area (Å²) in [6.07, 6.45) is 3.30. The molecule has 0 bridgehead atoms. The molecule has 7 nitrogen and oxygen atoms in total. The summed E-state index contributed by atoms with van der Waals surface area (Å²) in [5.74, 6) is 1.000. The van der Waals surface area contributed by atoms with Gasteiger partial charge in [0.2, 0.25) is 5.95 Å². The molecular formula is C15H12ClN5O2. The van der Waals surface area contributed by atoms with Crippen LogP contribution in [-0.4, -0.2) is 32.7 Å². The van der Waals surface area contributed by atoms with Crippen molar-refractivity contribution in [1.29, 1.82) is 0 Å². The number of anilines is 1. The number of nitrogens with one attached hydrogen (secondary N) is 2. The van der Waals surface area contributed by atoms with Gasteiger partial charge in [-0.1, -0.05) is 11.6 Å². The maximum Gasteiger partial charge on any atom is 0.264 e. The summed E-state index contributed by atoms with van der Waals surface area (Å²) in [5.41, 5.74) is 0.824. The summed E-state index contributed by atoms with van der Waals surface area (Å²) in [6.45, 7) is -0.146. The molecule has 1 amide bonds. The van der Waals surface area contributed by atoms with Crippen molar-refractivity contribution in [2.75, 3.05) is 11.9 Å². The Labute approximate surface area is 136 Å². The Bertz CT molecular complexity index is 789. The van der Waals surface area contributed by atoms with Gasteiger partial charge in [0, 0.05) is 23.0 Å². The average Bonchev–Trinajstić information content (AvgIpc) is 3.04. The van der Waals surface area contributed by atoms with E-state index in [0.29, 0.717) is 16.6 Å². The molecule has 8 heteroatoms. The minimum atomic E-state index is -0.350. The van der Waals surface area contributed by atoms with Gasteiger partial charge < -0.3 is 9.72 Å². The highest BCUT2D eigenvalue weighted by molar-refractivity contribution is 6.30. The number of carbonyl (C=O) groups excluding carboxylic acids is 1. The number of aromatic amines is 1. The fourth-order valence-electron chi connectivity index (χ4n) is 1.81. The molecule has 2 N–H and O–H groups in total. The summed E-state index contributed by atoms with van der Waals surface area (Å²) < 4.78 is 5.35. The van der Waals surface area contributed by atoms with Gasteiger partial charge in [0.1, 0.15) is 5.75 Å². The van der Waals surface area contributed by atoms with Crippen LogP contribution >= 0.6 is 11.6 Å². The molecule has 116 valence electrons. The molecule has 0 spiro atoms. The molecule has 0 saturated heterocycles. The predicted octanol–water partition coefficient (Wildman–Crippen LogP) is 2.54. The van der Waals surface area contributed by atoms with E-state index in [1.54, 1.807) is 48.8 Å². The molecule has 23 heavy (non-hydrogen) atoms. The van der Waals surface area contributed by atoms with E-state index in [9.17, 15) is 4.79 Å². The van der Waals surface area contributed by atoms with Crippen LogP contribution in [0.4, 0.5) is 5.95 Å². The first-order valence-electron chi connectivity index (χ1n) is 6.72. The SMILES string of the molecule is O=C(COc1ccc(Cl)cc1)Nc1nnc(-c2ccncc2)[nH]1. The summed E-state index contributed by atoms with van der Waals surface area (Å²) >= 11 is 5.78. The predicted molar refractivity (Wildman–Crippen MR) is 85.2 cm³/mol. The molecular weight excluding hydrogens is 318 g/mol. The van der Waals surface area contributed by atoms with E-state index in [4.69, 9.17) is 16.3 Å². The van der Waals surface area contributed by atoms with Gasteiger partial charge in [-0.2, -0.15) is 0 Å². The number of hydrogen-bond donors (Lipinski definition) is 2. The molecule has 3 aromatic rings. The first-order chi connectivity index (χ1) is 11.2. The number of ether oxygens (including phenoxy) is 1. The van der Waals surface area contributed by atoms with Gasteiger partial charge in [0.05, 0.1) is 0 Å². The van der Waals surface area contributed by atoms with Crippen LogP contribution in [0, 0.1) is 0 Å². The lowest BCUT2D eigenvalue weighted by Crippen LogP contribution is -2.20. The van der Waals surface area contributed by atoms with Gasteiger partial charge in [-0.25, -0.2) is 0 Å². The molecule has 0 atom stereocenters. The molecule has 0 aliphatic carbocycles. The Morgan fingerprint density at radius 1 is 1.13 bits per heavy atom. The van der Waals surface area contributed by atoms with Crippen molar-refractivity contribution in [1.82, 2.24) is 20.2 Å². The second-order valence-corrected chi connectivity index (χ2v) is 4.99. The van der Waals surface area contributed by atoms with Crippen molar-refractivity contribution in [3.63, 3.8) is 0 Å². The molecule has 3 rings (SSSR count). The molecule has 0 aliphatic heterocycles. The third-order valence-corrected chi connectivity index (χ3v) is 3.13. The second kappa shape index (κ2) is 6.89. The van der Waals surface area contributed by atoms with Crippen LogP contribution in [0.5, 0.6) is 5.75 Å². The molecule has 0 fully saturated rings. The van der Waals surface area contributed by atoms with Gasteiger partial charge in [-0.3, -0.25) is 15.1 Å². The van der Waals surface area contributed by atoms with E-state index < -0.39 is 0 Å². The summed E-state index contributed by atoms with van der Waals surface area (Å²) in [5, 5.41) is 11.0. The van der Waals surface area contributed by atoms with Crippen molar-refractivity contribution < 1.29 is 9.53 Å². The number of rotatable bonds is 5. The number of H-pyrrole nitrogens is 1. The zero-order valence-electron chi connectivity index (χ0n) is 11.9. The minimum absolute atomic E-state index is 0.146. The highest BCUT2D eigenvalue weighted by atomic mass is 35.5. The van der Waals surface area contributed by atoms with Gasteiger partial charge in [-0.15, -0.1) is 10.2 Å². The van der Waals surface area contributed by atoms with Gasteiger partial charge in [0.25, 0.3) is 5.91 Å². The number of hydrogen-bond acceptors (Lipinski definition) is 5. The lowest BCUT2D eigenvalue weighted by atomic mass is 10.3. The van der Waals surface area contributed by atoms with Gasteiger partial charge >= 0.3 is 0 Å². The van der Waals surface area contributed by atoms with Crippen molar-refractivity contribution in [3.05, 3.63) is 53.8 Å². The van der Waals surface area contributed by atoms with E-state index in [2.05, 4.69) is 25.5 Å². The summed E-state index contributed by atoms with van der Waals surface area (Å²) in [7, 11) is 0. The number of halogens is 1. The Morgan fingerprint density at radius 2 is 1.87 bits per heavy atom. The molecule has 0 aliphatic rings. The highest BCUT2D eigenvalue weighted by Crippen LogP contribution is 2.16. The van der Waals surface area contributed by atoms with E-state index >= 15 is 0 Å². The Hall–Kier alpha value is -2.93. The fraction of sp³-hybridized carbons (Fsp3) is 0.0667. The van der Waals surface area contributed by atoms with Crippen molar-refractivity contribution in [2.45, 2.75) is 0 Å². The number of aromatic nitrogens is 4. The zero-order chi connectivity index (χ0) is 16.1. The molecule has 2 heterocycles. The Morgan fingerprint density at radius 3 is 2.61 bits per heavy atom. The van der Waals surface area contributed by atoms with Crippen molar-refractivity contribution in [2.24, 2.45) is 0 Å². The van der Waals surface area contributed by atoms with E-state index in [1.807, 2.05) is 0 Å². The van der Waals surface area contributed by atoms with Crippen LogP contribution in [0.3, 0.4) is 0 Å². The van der Waals surface area contributed by atoms with Gasteiger partial charge in [-0.05, 0) is 36.4 Å². The standard InChI is InChI=1S/C15H12ClN5O2/c16-11-1-3-12(4-2-11)23-9-13(22)18-15-19-14(20-21-15)10-5-7-17-8-6-10/h1-8H,9H2,(H2,18,19,20,21,22). The van der Waals surface area contributed by atoms with Crippen LogP contribution < -0.4 is 10.1 Å². The maximum atomic E-state index is 11.8. The first-order valence-corrected chi connectivity index (χ1v) is 7.10. The minimum Gasteiger partial charge on any atom is -0.484 e. The monoisotopic (exact) mass is 329 g/mol. The van der Waals surface area contributed by atoms with E-state index in [0.717, 1.165) is 5.56 Å². The largest absolute Gasteiger partial charge is 0.484 e. The number of pyridine rings is 1.